The number of nitro benzene ring substituents is 1. The zero-order valence-corrected chi connectivity index (χ0v) is 10.6. The number of nitro groups is 1. The monoisotopic (exact) mass is 260 g/mol. The van der Waals surface area contributed by atoms with Gasteiger partial charge in [0.05, 0.1) is 4.92 Å². The number of nitrogens with one attached hydrogen (secondary N) is 1. The highest BCUT2D eigenvalue weighted by atomic mass is 16.6. The molecule has 0 unspecified atom stereocenters. The molecule has 2 rings (SSSR count). The summed E-state index contributed by atoms with van der Waals surface area (Å²) < 4.78 is 0. The van der Waals surface area contributed by atoms with E-state index in [1.807, 2.05) is 6.07 Å². The second kappa shape index (κ2) is 6.16. The van der Waals surface area contributed by atoms with Crippen molar-refractivity contribution in [1.29, 1.82) is 5.26 Å². The van der Waals surface area contributed by atoms with Gasteiger partial charge in [0.1, 0.15) is 11.6 Å². The minimum atomic E-state index is -0.535. The molecule has 0 spiro atoms. The molecule has 1 saturated heterocycles. The SMILES string of the molecule is N#Cc1cc(NCCN2CCCC2)ccc1[N+](=O)[O-]. The Kier molecular flexibility index (Phi) is 4.31. The highest BCUT2D eigenvalue weighted by Gasteiger charge is 2.14. The number of anilines is 1. The van der Waals surface area contributed by atoms with Crippen molar-refractivity contribution in [2.75, 3.05) is 31.5 Å². The van der Waals surface area contributed by atoms with E-state index >= 15 is 0 Å². The van der Waals surface area contributed by atoms with E-state index in [0.29, 0.717) is 0 Å². The molecule has 0 bridgehead atoms. The van der Waals surface area contributed by atoms with E-state index in [-0.39, 0.29) is 11.3 Å². The van der Waals surface area contributed by atoms with Crippen LogP contribution in [0.4, 0.5) is 11.4 Å². The molecule has 19 heavy (non-hydrogen) atoms. The van der Waals surface area contributed by atoms with Gasteiger partial charge in [-0.1, -0.05) is 0 Å². The molecular formula is C13H16N4O2. The molecule has 0 atom stereocenters. The summed E-state index contributed by atoms with van der Waals surface area (Å²) in [5.74, 6) is 0. The van der Waals surface area contributed by atoms with E-state index in [0.717, 1.165) is 31.9 Å². The Hall–Kier alpha value is -2.13. The summed E-state index contributed by atoms with van der Waals surface area (Å²) in [6.07, 6.45) is 2.52. The molecule has 0 aliphatic carbocycles. The van der Waals surface area contributed by atoms with E-state index in [1.165, 1.54) is 25.0 Å². The van der Waals surface area contributed by atoms with Gasteiger partial charge >= 0.3 is 0 Å². The average Bonchev–Trinajstić information content (AvgIpc) is 2.91. The van der Waals surface area contributed by atoms with Gasteiger partial charge in [-0.2, -0.15) is 5.26 Å². The van der Waals surface area contributed by atoms with Crippen molar-refractivity contribution >= 4 is 11.4 Å². The topological polar surface area (TPSA) is 82.2 Å². The normalized spacial score (nSPS) is 15.1. The fourth-order valence-electron chi connectivity index (χ4n) is 2.26. The van der Waals surface area contributed by atoms with Crippen molar-refractivity contribution < 1.29 is 4.92 Å². The Morgan fingerprint density at radius 1 is 1.42 bits per heavy atom. The second-order valence-corrected chi connectivity index (χ2v) is 4.58. The summed E-state index contributed by atoms with van der Waals surface area (Å²) >= 11 is 0. The molecule has 0 amide bonds. The minimum Gasteiger partial charge on any atom is -0.384 e. The quantitative estimate of drug-likeness (QED) is 0.646. The van der Waals surface area contributed by atoms with Gasteiger partial charge in [-0.25, -0.2) is 0 Å². The fraction of sp³-hybridized carbons (Fsp3) is 0.462. The first-order chi connectivity index (χ1) is 9.20. The third-order valence-corrected chi connectivity index (χ3v) is 3.27. The fourth-order valence-corrected chi connectivity index (χ4v) is 2.26. The van der Waals surface area contributed by atoms with Crippen LogP contribution in [-0.2, 0) is 0 Å². The maximum atomic E-state index is 10.7. The van der Waals surface area contributed by atoms with Gasteiger partial charge in [0.2, 0.25) is 0 Å². The zero-order chi connectivity index (χ0) is 13.7. The Morgan fingerprint density at radius 2 is 2.16 bits per heavy atom. The lowest BCUT2D eigenvalue weighted by molar-refractivity contribution is -0.385. The van der Waals surface area contributed by atoms with Crippen LogP contribution in [0.1, 0.15) is 18.4 Å². The largest absolute Gasteiger partial charge is 0.384 e. The van der Waals surface area contributed by atoms with Crippen molar-refractivity contribution in [3.8, 4) is 6.07 Å². The first kappa shape index (κ1) is 13.3. The molecule has 6 heteroatoms. The summed E-state index contributed by atoms with van der Waals surface area (Å²) in [6, 6.07) is 6.40. The van der Waals surface area contributed by atoms with Gasteiger partial charge in [-0.15, -0.1) is 0 Å². The number of nitrogens with zero attached hydrogens (tertiary/aromatic N) is 3. The molecule has 6 nitrogen and oxygen atoms in total. The highest BCUT2D eigenvalue weighted by molar-refractivity contribution is 5.58. The Bertz CT molecular complexity index is 504. The number of benzene rings is 1. The number of hydrogen-bond acceptors (Lipinski definition) is 5. The third kappa shape index (κ3) is 3.42. The van der Waals surface area contributed by atoms with Gasteiger partial charge in [0, 0.05) is 24.8 Å². The molecule has 1 heterocycles. The molecule has 1 N–H and O–H groups in total. The maximum absolute atomic E-state index is 10.7. The molecular weight excluding hydrogens is 244 g/mol. The number of rotatable bonds is 5. The lowest BCUT2D eigenvalue weighted by Gasteiger charge is -2.15. The molecule has 1 aromatic carbocycles. The molecule has 1 aliphatic heterocycles. The van der Waals surface area contributed by atoms with E-state index in [9.17, 15) is 10.1 Å². The van der Waals surface area contributed by atoms with Gasteiger partial charge in [0.25, 0.3) is 5.69 Å². The molecule has 1 aromatic rings. The van der Waals surface area contributed by atoms with Gasteiger partial charge < -0.3 is 10.2 Å². The second-order valence-electron chi connectivity index (χ2n) is 4.58. The number of nitriles is 1. The van der Waals surface area contributed by atoms with E-state index in [2.05, 4.69) is 10.2 Å². The van der Waals surface area contributed by atoms with Crippen LogP contribution in [0.3, 0.4) is 0 Å². The summed E-state index contributed by atoms with van der Waals surface area (Å²) in [7, 11) is 0. The standard InChI is InChI=1S/C13H16N4O2/c14-10-11-9-12(3-4-13(11)17(18)19)15-5-8-16-6-1-2-7-16/h3-4,9,15H,1-2,5-8H2. The van der Waals surface area contributed by atoms with Crippen molar-refractivity contribution in [2.24, 2.45) is 0 Å². The van der Waals surface area contributed by atoms with Gasteiger partial charge in [-0.3, -0.25) is 10.1 Å². The van der Waals surface area contributed by atoms with Gasteiger partial charge in [-0.05, 0) is 38.1 Å². The van der Waals surface area contributed by atoms with Crippen molar-refractivity contribution in [1.82, 2.24) is 4.90 Å². The molecule has 100 valence electrons. The van der Waals surface area contributed by atoms with Gasteiger partial charge in [0.15, 0.2) is 0 Å². The van der Waals surface area contributed by atoms with E-state index in [4.69, 9.17) is 5.26 Å². The summed E-state index contributed by atoms with van der Waals surface area (Å²) in [4.78, 5) is 12.6. The molecule has 0 saturated carbocycles. The predicted octanol–water partition coefficient (Wildman–Crippen LogP) is 1.97. The van der Waals surface area contributed by atoms with Crippen molar-refractivity contribution in [3.63, 3.8) is 0 Å². The first-order valence-electron chi connectivity index (χ1n) is 6.35. The van der Waals surface area contributed by atoms with Crippen LogP contribution in [-0.4, -0.2) is 36.0 Å². The Morgan fingerprint density at radius 3 is 2.79 bits per heavy atom. The minimum absolute atomic E-state index is 0.0937. The number of hydrogen-bond donors (Lipinski definition) is 1. The lowest BCUT2D eigenvalue weighted by atomic mass is 10.2. The molecule has 0 radical (unpaired) electrons. The van der Waals surface area contributed by atoms with Crippen LogP contribution < -0.4 is 5.32 Å². The van der Waals surface area contributed by atoms with Crippen LogP contribution in [0.15, 0.2) is 18.2 Å². The summed E-state index contributed by atoms with van der Waals surface area (Å²) in [5, 5.41) is 22.8. The van der Waals surface area contributed by atoms with Crippen LogP contribution >= 0.6 is 0 Å². The van der Waals surface area contributed by atoms with E-state index in [1.54, 1.807) is 6.07 Å². The smallest absolute Gasteiger partial charge is 0.287 e. The van der Waals surface area contributed by atoms with Crippen LogP contribution in [0, 0.1) is 21.4 Å². The van der Waals surface area contributed by atoms with Crippen LogP contribution in [0.2, 0.25) is 0 Å². The first-order valence-corrected chi connectivity index (χ1v) is 6.35. The molecule has 1 fully saturated rings. The molecule has 0 aromatic heterocycles. The van der Waals surface area contributed by atoms with Crippen molar-refractivity contribution in [2.45, 2.75) is 12.8 Å². The Balaban J connectivity index is 1.93. The summed E-state index contributed by atoms with van der Waals surface area (Å²) in [6.45, 7) is 4.03. The maximum Gasteiger partial charge on any atom is 0.287 e. The zero-order valence-electron chi connectivity index (χ0n) is 10.6. The average molecular weight is 260 g/mol. The predicted molar refractivity (Wildman–Crippen MR) is 72.0 cm³/mol. The number of likely N-dealkylation sites (tertiary alicyclic amines) is 1. The third-order valence-electron chi connectivity index (χ3n) is 3.27. The molecule has 1 aliphatic rings. The summed E-state index contributed by atoms with van der Waals surface area (Å²) in [5.41, 5.74) is 0.699. The van der Waals surface area contributed by atoms with Crippen LogP contribution in [0.25, 0.3) is 0 Å². The lowest BCUT2D eigenvalue weighted by Crippen LogP contribution is -2.25. The van der Waals surface area contributed by atoms with Crippen LogP contribution in [0.5, 0.6) is 0 Å². The van der Waals surface area contributed by atoms with E-state index < -0.39 is 4.92 Å². The van der Waals surface area contributed by atoms with Crippen molar-refractivity contribution in [3.05, 3.63) is 33.9 Å². The highest BCUT2D eigenvalue weighted by Crippen LogP contribution is 2.21. The Labute approximate surface area is 111 Å².